The first-order valence-electron chi connectivity index (χ1n) is 9.54. The Morgan fingerprint density at radius 3 is 0.893 bits per heavy atom. The zero-order chi connectivity index (χ0) is 19.0. The predicted molar refractivity (Wildman–Crippen MR) is 123 cm³/mol. The SMILES string of the molecule is C(=C/c1ccc(-c2ccc(/C=C\c3ccccc3)cc2)cc1)/c1ccccc1. The highest BCUT2D eigenvalue weighted by Gasteiger charge is 1.98. The molecule has 0 atom stereocenters. The minimum atomic E-state index is 1.20. The van der Waals surface area contributed by atoms with E-state index >= 15 is 0 Å². The summed E-state index contributed by atoms with van der Waals surface area (Å²) in [5.74, 6) is 0. The molecule has 0 saturated heterocycles. The van der Waals surface area contributed by atoms with Crippen LogP contribution in [0.15, 0.2) is 109 Å². The summed E-state index contributed by atoms with van der Waals surface area (Å²) in [5, 5.41) is 0. The Morgan fingerprint density at radius 2 is 0.571 bits per heavy atom. The lowest BCUT2D eigenvalue weighted by atomic mass is 10.0. The molecule has 0 aliphatic rings. The highest BCUT2D eigenvalue weighted by atomic mass is 14.0. The van der Waals surface area contributed by atoms with Gasteiger partial charge in [0.15, 0.2) is 0 Å². The third-order valence-electron chi connectivity index (χ3n) is 4.69. The molecule has 4 rings (SSSR count). The van der Waals surface area contributed by atoms with Crippen molar-refractivity contribution in [1.82, 2.24) is 0 Å². The van der Waals surface area contributed by atoms with Crippen LogP contribution in [0.3, 0.4) is 0 Å². The molecule has 0 aliphatic carbocycles. The van der Waals surface area contributed by atoms with Gasteiger partial charge < -0.3 is 0 Å². The van der Waals surface area contributed by atoms with Crippen LogP contribution in [0, 0.1) is 0 Å². The first kappa shape index (κ1) is 17.8. The first-order valence-corrected chi connectivity index (χ1v) is 9.54. The van der Waals surface area contributed by atoms with Crippen LogP contribution in [0.4, 0.5) is 0 Å². The van der Waals surface area contributed by atoms with Gasteiger partial charge in [-0.25, -0.2) is 0 Å². The molecule has 0 aliphatic heterocycles. The normalized spacial score (nSPS) is 11.3. The van der Waals surface area contributed by atoms with Crippen LogP contribution in [-0.2, 0) is 0 Å². The van der Waals surface area contributed by atoms with E-state index in [4.69, 9.17) is 0 Å². The Hall–Kier alpha value is -3.64. The molecule has 134 valence electrons. The summed E-state index contributed by atoms with van der Waals surface area (Å²) in [6.45, 7) is 0. The van der Waals surface area contributed by atoms with Crippen molar-refractivity contribution < 1.29 is 0 Å². The summed E-state index contributed by atoms with van der Waals surface area (Å²) in [6, 6.07) is 38.1. The first-order chi connectivity index (χ1) is 13.9. The smallest absolute Gasteiger partial charge is 0.0184 e. The van der Waals surface area contributed by atoms with Crippen LogP contribution in [-0.4, -0.2) is 0 Å². The molecule has 0 spiro atoms. The van der Waals surface area contributed by atoms with Crippen LogP contribution >= 0.6 is 0 Å². The van der Waals surface area contributed by atoms with Gasteiger partial charge in [-0.15, -0.1) is 0 Å². The van der Waals surface area contributed by atoms with E-state index in [1.165, 1.54) is 33.4 Å². The quantitative estimate of drug-likeness (QED) is 0.321. The molecule has 4 aromatic rings. The second-order valence-corrected chi connectivity index (χ2v) is 6.73. The Morgan fingerprint density at radius 1 is 0.286 bits per heavy atom. The molecule has 4 aromatic carbocycles. The van der Waals surface area contributed by atoms with E-state index in [0.717, 1.165) is 0 Å². The summed E-state index contributed by atoms with van der Waals surface area (Å²) in [5.41, 5.74) is 7.30. The van der Waals surface area contributed by atoms with Gasteiger partial charge in [-0.2, -0.15) is 0 Å². The lowest BCUT2D eigenvalue weighted by Crippen LogP contribution is -1.80. The van der Waals surface area contributed by atoms with Gasteiger partial charge in [0.25, 0.3) is 0 Å². The molecule has 0 saturated carbocycles. The van der Waals surface area contributed by atoms with Gasteiger partial charge in [-0.3, -0.25) is 0 Å². The average Bonchev–Trinajstić information content (AvgIpc) is 2.78. The molecule has 0 amide bonds. The Balaban J connectivity index is 1.44. The van der Waals surface area contributed by atoms with Crippen molar-refractivity contribution in [1.29, 1.82) is 0 Å². The van der Waals surface area contributed by atoms with E-state index in [1.807, 2.05) is 12.1 Å². The molecule has 0 N–H and O–H groups in total. The van der Waals surface area contributed by atoms with Crippen LogP contribution in [0.2, 0.25) is 0 Å². The van der Waals surface area contributed by atoms with Crippen LogP contribution in [0.1, 0.15) is 22.3 Å². The minimum Gasteiger partial charge on any atom is -0.0622 e. The lowest BCUT2D eigenvalue weighted by Gasteiger charge is -2.03. The molecule has 0 unspecified atom stereocenters. The van der Waals surface area contributed by atoms with Gasteiger partial charge in [-0.1, -0.05) is 133 Å². The largest absolute Gasteiger partial charge is 0.0622 e. The summed E-state index contributed by atoms with van der Waals surface area (Å²) >= 11 is 0. The molecule has 0 nitrogen and oxygen atoms in total. The van der Waals surface area contributed by atoms with Crippen LogP contribution in [0.25, 0.3) is 35.4 Å². The Bertz CT molecular complexity index is 961. The summed E-state index contributed by atoms with van der Waals surface area (Å²) < 4.78 is 0. The fraction of sp³-hybridized carbons (Fsp3) is 0. The van der Waals surface area contributed by atoms with Crippen molar-refractivity contribution in [3.05, 3.63) is 131 Å². The number of benzene rings is 4. The van der Waals surface area contributed by atoms with Gasteiger partial charge >= 0.3 is 0 Å². The van der Waals surface area contributed by atoms with Crippen molar-refractivity contribution in [2.75, 3.05) is 0 Å². The fourth-order valence-electron chi connectivity index (χ4n) is 3.09. The molecular formula is C28H22. The van der Waals surface area contributed by atoms with Crippen molar-refractivity contribution in [3.63, 3.8) is 0 Å². The molecular weight excluding hydrogens is 336 g/mol. The van der Waals surface area contributed by atoms with Crippen LogP contribution in [0.5, 0.6) is 0 Å². The lowest BCUT2D eigenvalue weighted by molar-refractivity contribution is 1.58. The van der Waals surface area contributed by atoms with Crippen LogP contribution < -0.4 is 0 Å². The second kappa shape index (κ2) is 8.83. The van der Waals surface area contributed by atoms with Gasteiger partial charge in [0, 0.05) is 0 Å². The van der Waals surface area contributed by atoms with Crippen molar-refractivity contribution in [2.45, 2.75) is 0 Å². The van der Waals surface area contributed by atoms with E-state index in [-0.39, 0.29) is 0 Å². The molecule has 0 fully saturated rings. The fourth-order valence-corrected chi connectivity index (χ4v) is 3.09. The summed E-state index contributed by atoms with van der Waals surface area (Å²) in [6.07, 6.45) is 8.58. The van der Waals surface area contributed by atoms with E-state index in [0.29, 0.717) is 0 Å². The van der Waals surface area contributed by atoms with Crippen molar-refractivity contribution in [2.24, 2.45) is 0 Å². The zero-order valence-corrected chi connectivity index (χ0v) is 15.7. The maximum atomic E-state index is 2.18. The van der Waals surface area contributed by atoms with Crippen molar-refractivity contribution in [3.8, 4) is 11.1 Å². The van der Waals surface area contributed by atoms with E-state index < -0.39 is 0 Å². The molecule has 28 heavy (non-hydrogen) atoms. The Labute approximate surface area is 167 Å². The monoisotopic (exact) mass is 358 g/mol. The topological polar surface area (TPSA) is 0 Å². The van der Waals surface area contributed by atoms with Gasteiger partial charge in [0.05, 0.1) is 0 Å². The van der Waals surface area contributed by atoms with Crippen molar-refractivity contribution >= 4 is 24.3 Å². The highest BCUT2D eigenvalue weighted by molar-refractivity contribution is 5.74. The standard InChI is InChI=1S/C28H22/c1-3-7-23(8-4-1)11-13-25-15-19-27(20-16-25)28-21-17-26(18-22-28)14-12-24-9-5-2-6-10-24/h1-22H/b13-11-,14-12-. The maximum Gasteiger partial charge on any atom is -0.0184 e. The second-order valence-electron chi connectivity index (χ2n) is 6.73. The average molecular weight is 358 g/mol. The zero-order valence-electron chi connectivity index (χ0n) is 15.7. The maximum absolute atomic E-state index is 2.18. The number of hydrogen-bond donors (Lipinski definition) is 0. The Kier molecular flexibility index (Phi) is 5.60. The summed E-state index contributed by atoms with van der Waals surface area (Å²) in [7, 11) is 0. The van der Waals surface area contributed by atoms with Gasteiger partial charge in [-0.05, 0) is 33.4 Å². The third-order valence-corrected chi connectivity index (χ3v) is 4.69. The highest BCUT2D eigenvalue weighted by Crippen LogP contribution is 2.22. The predicted octanol–water partition coefficient (Wildman–Crippen LogP) is 7.69. The van der Waals surface area contributed by atoms with Gasteiger partial charge in [0.1, 0.15) is 0 Å². The van der Waals surface area contributed by atoms with Gasteiger partial charge in [0.2, 0.25) is 0 Å². The number of hydrogen-bond acceptors (Lipinski definition) is 0. The molecule has 0 heterocycles. The molecule has 0 radical (unpaired) electrons. The third kappa shape index (κ3) is 4.75. The molecule has 0 aromatic heterocycles. The number of rotatable bonds is 5. The summed E-state index contributed by atoms with van der Waals surface area (Å²) in [4.78, 5) is 0. The molecule has 0 bridgehead atoms. The minimum absolute atomic E-state index is 1.20. The van der Waals surface area contributed by atoms with E-state index in [1.54, 1.807) is 0 Å². The van der Waals surface area contributed by atoms with E-state index in [2.05, 4.69) is 121 Å². The molecule has 0 heteroatoms. The van der Waals surface area contributed by atoms with E-state index in [9.17, 15) is 0 Å².